The van der Waals surface area contributed by atoms with Gasteiger partial charge in [0, 0.05) is 24.8 Å². The van der Waals surface area contributed by atoms with Gasteiger partial charge in [-0.1, -0.05) is 58.1 Å². The molecule has 172 valence electrons. The number of nitrogens with one attached hydrogen (secondary N) is 2. The second kappa shape index (κ2) is 14.8. The van der Waals surface area contributed by atoms with Crippen molar-refractivity contribution in [1.29, 1.82) is 0 Å². The fourth-order valence-corrected chi connectivity index (χ4v) is 3.04. The predicted octanol–water partition coefficient (Wildman–Crippen LogP) is 5.60. The molecule has 2 N–H and O–H groups in total. The highest BCUT2D eigenvalue weighted by atomic mass is 16.2. The predicted molar refractivity (Wildman–Crippen MR) is 127 cm³/mol. The fraction of sp³-hybridized carbons (Fsp3) is 0.480. The Hall–Kier alpha value is -3.09. The molecule has 32 heavy (non-hydrogen) atoms. The summed E-state index contributed by atoms with van der Waals surface area (Å²) in [7, 11) is 0. The fourth-order valence-electron chi connectivity index (χ4n) is 3.04. The molecule has 0 fully saturated rings. The second-order valence-electron chi connectivity index (χ2n) is 7.78. The van der Waals surface area contributed by atoms with E-state index in [-0.39, 0.29) is 11.8 Å². The van der Waals surface area contributed by atoms with Gasteiger partial charge >= 0.3 is 0 Å². The lowest BCUT2D eigenvalue weighted by Crippen LogP contribution is -2.24. The van der Waals surface area contributed by atoms with Gasteiger partial charge in [-0.3, -0.25) is 9.59 Å². The van der Waals surface area contributed by atoms with E-state index in [9.17, 15) is 9.59 Å². The van der Waals surface area contributed by atoms with Crippen molar-refractivity contribution in [1.82, 2.24) is 15.6 Å². The van der Waals surface area contributed by atoms with Crippen LogP contribution in [0.15, 0.2) is 52.8 Å². The first-order valence-electron chi connectivity index (χ1n) is 11.6. The molecule has 1 heterocycles. The smallest absolute Gasteiger partial charge is 0.252 e. The molecule has 0 aliphatic rings. The van der Waals surface area contributed by atoms with E-state index < -0.39 is 0 Å². The Morgan fingerprint density at radius 1 is 0.781 bits per heavy atom. The highest BCUT2D eigenvalue weighted by molar-refractivity contribution is 5.94. The quantitative estimate of drug-likeness (QED) is 0.298. The Kier molecular flexibility index (Phi) is 11.7. The second-order valence-corrected chi connectivity index (χ2v) is 7.78. The number of pyridine rings is 1. The van der Waals surface area contributed by atoms with Crippen LogP contribution in [-0.4, -0.2) is 29.9 Å². The van der Waals surface area contributed by atoms with Gasteiger partial charge in [0.25, 0.3) is 11.8 Å². The summed E-state index contributed by atoms with van der Waals surface area (Å²) in [5, 5.41) is 14.1. The summed E-state index contributed by atoms with van der Waals surface area (Å²) in [6, 6.07) is 10.7. The number of carbonyl (C=O) groups excluding carboxylic acids is 2. The summed E-state index contributed by atoms with van der Waals surface area (Å²) >= 11 is 0. The monoisotopic (exact) mass is 437 g/mol. The number of nitrogens with zero attached hydrogens (tertiary/aromatic N) is 3. The molecule has 2 aromatic rings. The van der Waals surface area contributed by atoms with Gasteiger partial charge in [0.15, 0.2) is 5.82 Å². The third kappa shape index (κ3) is 9.37. The number of rotatable bonds is 14. The average Bonchev–Trinajstić information content (AvgIpc) is 2.82. The normalized spacial score (nSPS) is 10.9. The number of hydrogen-bond donors (Lipinski definition) is 2. The van der Waals surface area contributed by atoms with Crippen molar-refractivity contribution in [2.75, 3.05) is 13.1 Å². The molecule has 7 heteroatoms. The van der Waals surface area contributed by atoms with E-state index in [1.165, 1.54) is 25.5 Å². The van der Waals surface area contributed by atoms with Gasteiger partial charge in [0.1, 0.15) is 0 Å². The zero-order valence-electron chi connectivity index (χ0n) is 19.3. The van der Waals surface area contributed by atoms with E-state index in [0.717, 1.165) is 31.2 Å². The Balaban J connectivity index is 1.75. The van der Waals surface area contributed by atoms with Crippen LogP contribution in [-0.2, 0) is 6.54 Å². The van der Waals surface area contributed by atoms with Gasteiger partial charge in [-0.05, 0) is 42.7 Å². The molecule has 0 saturated carbocycles. The van der Waals surface area contributed by atoms with Crippen LogP contribution in [0.25, 0.3) is 0 Å². The van der Waals surface area contributed by atoms with Crippen LogP contribution in [0.5, 0.6) is 0 Å². The number of benzene rings is 1. The minimum absolute atomic E-state index is 0.0588. The number of carbonyl (C=O) groups is 2. The molecule has 2 amide bonds. The van der Waals surface area contributed by atoms with E-state index in [4.69, 9.17) is 0 Å². The molecule has 2 rings (SSSR count). The van der Waals surface area contributed by atoms with Crippen LogP contribution in [0.1, 0.15) is 85.1 Å². The Labute approximate surface area is 191 Å². The largest absolute Gasteiger partial charge is 0.352 e. The Morgan fingerprint density at radius 2 is 1.41 bits per heavy atom. The molecule has 0 unspecified atom stereocenters. The van der Waals surface area contributed by atoms with Crippen LogP contribution in [0.4, 0.5) is 5.82 Å². The molecule has 0 aliphatic heterocycles. The molecule has 0 spiro atoms. The highest BCUT2D eigenvalue weighted by Gasteiger charge is 2.06. The van der Waals surface area contributed by atoms with E-state index in [1.807, 2.05) is 12.1 Å². The standard InChI is InChI=1S/C25H35N5O2/c1-3-5-7-8-9-17-27-25(32)22-14-15-23(28-19-22)30-29-18-20-10-12-21(13-11-20)24(31)26-16-6-4-2/h10-15,19H,3-9,16-18H2,1-2H3,(H,26,31)(H,27,32). The number of amides is 2. The molecule has 0 radical (unpaired) electrons. The van der Waals surface area contributed by atoms with Gasteiger partial charge in [-0.2, -0.15) is 5.11 Å². The summed E-state index contributed by atoms with van der Waals surface area (Å²) in [6.07, 6.45) is 9.36. The summed E-state index contributed by atoms with van der Waals surface area (Å²) in [5.41, 5.74) is 2.11. The maximum absolute atomic E-state index is 12.2. The Bertz CT molecular complexity index is 848. The third-order valence-corrected chi connectivity index (χ3v) is 5.03. The summed E-state index contributed by atoms with van der Waals surface area (Å²) in [4.78, 5) is 28.4. The van der Waals surface area contributed by atoms with Crippen molar-refractivity contribution in [2.24, 2.45) is 10.2 Å². The molecule has 0 aliphatic carbocycles. The van der Waals surface area contributed by atoms with Gasteiger partial charge in [-0.25, -0.2) is 4.98 Å². The lowest BCUT2D eigenvalue weighted by Gasteiger charge is -2.05. The number of unbranched alkanes of at least 4 members (excludes halogenated alkanes) is 5. The molecular formula is C25H35N5O2. The van der Waals surface area contributed by atoms with Crippen LogP contribution >= 0.6 is 0 Å². The topological polar surface area (TPSA) is 95.8 Å². The number of azo groups is 1. The minimum atomic E-state index is -0.115. The van der Waals surface area contributed by atoms with E-state index in [1.54, 1.807) is 24.3 Å². The summed E-state index contributed by atoms with van der Waals surface area (Å²) < 4.78 is 0. The van der Waals surface area contributed by atoms with Crippen molar-refractivity contribution in [3.05, 3.63) is 59.3 Å². The molecule has 0 bridgehead atoms. The lowest BCUT2D eigenvalue weighted by molar-refractivity contribution is 0.0944. The molecule has 1 aromatic heterocycles. The van der Waals surface area contributed by atoms with Gasteiger partial charge < -0.3 is 10.6 Å². The number of hydrogen-bond acceptors (Lipinski definition) is 5. The zero-order chi connectivity index (χ0) is 23.0. The van der Waals surface area contributed by atoms with Gasteiger partial charge in [0.2, 0.25) is 0 Å². The SMILES string of the molecule is CCCCCCCNC(=O)c1ccc(N=NCc2ccc(C(=O)NCCCC)cc2)nc1. The van der Waals surface area contributed by atoms with E-state index in [0.29, 0.717) is 36.6 Å². The molecule has 0 atom stereocenters. The van der Waals surface area contributed by atoms with Crippen LogP contribution in [0.3, 0.4) is 0 Å². The first-order valence-corrected chi connectivity index (χ1v) is 11.6. The number of aromatic nitrogens is 1. The molecule has 7 nitrogen and oxygen atoms in total. The van der Waals surface area contributed by atoms with Gasteiger partial charge in [0.05, 0.1) is 12.1 Å². The highest BCUT2D eigenvalue weighted by Crippen LogP contribution is 2.12. The maximum Gasteiger partial charge on any atom is 0.252 e. The third-order valence-electron chi connectivity index (χ3n) is 5.03. The maximum atomic E-state index is 12.2. The van der Waals surface area contributed by atoms with Crippen molar-refractivity contribution >= 4 is 17.6 Å². The van der Waals surface area contributed by atoms with Crippen molar-refractivity contribution in [3.63, 3.8) is 0 Å². The first kappa shape index (κ1) is 25.2. The van der Waals surface area contributed by atoms with E-state index >= 15 is 0 Å². The molecular weight excluding hydrogens is 402 g/mol. The van der Waals surface area contributed by atoms with Crippen LogP contribution < -0.4 is 10.6 Å². The summed E-state index contributed by atoms with van der Waals surface area (Å²) in [5.74, 6) is 0.278. The minimum Gasteiger partial charge on any atom is -0.352 e. The summed E-state index contributed by atoms with van der Waals surface area (Å²) in [6.45, 7) is 6.04. The average molecular weight is 438 g/mol. The van der Waals surface area contributed by atoms with Crippen LogP contribution in [0, 0.1) is 0 Å². The molecule has 0 saturated heterocycles. The van der Waals surface area contributed by atoms with Crippen molar-refractivity contribution in [3.8, 4) is 0 Å². The zero-order valence-corrected chi connectivity index (χ0v) is 19.3. The van der Waals surface area contributed by atoms with Crippen LogP contribution in [0.2, 0.25) is 0 Å². The first-order chi connectivity index (χ1) is 15.6. The Morgan fingerprint density at radius 3 is 2.06 bits per heavy atom. The van der Waals surface area contributed by atoms with Gasteiger partial charge in [-0.15, -0.1) is 5.11 Å². The van der Waals surface area contributed by atoms with Crippen molar-refractivity contribution < 1.29 is 9.59 Å². The van der Waals surface area contributed by atoms with Crippen molar-refractivity contribution in [2.45, 2.75) is 65.3 Å². The van der Waals surface area contributed by atoms with E-state index in [2.05, 4.69) is 39.7 Å². The molecule has 1 aromatic carbocycles. The lowest BCUT2D eigenvalue weighted by atomic mass is 10.1.